The minimum atomic E-state index is 0.249. The fourth-order valence-electron chi connectivity index (χ4n) is 4.60. The summed E-state index contributed by atoms with van der Waals surface area (Å²) < 4.78 is 0. The third kappa shape index (κ3) is 3.27. The highest BCUT2D eigenvalue weighted by Gasteiger charge is 2.47. The first-order valence-corrected chi connectivity index (χ1v) is 9.08. The highest BCUT2D eigenvalue weighted by Crippen LogP contribution is 2.44. The van der Waals surface area contributed by atoms with Crippen molar-refractivity contribution in [2.45, 2.75) is 32.2 Å². The van der Waals surface area contributed by atoms with Crippen LogP contribution in [0, 0.1) is 23.7 Å². The molecule has 4 rings (SSSR count). The maximum atomic E-state index is 13.0. The lowest BCUT2D eigenvalue weighted by atomic mass is 9.84. The van der Waals surface area contributed by atoms with E-state index in [1.165, 1.54) is 32.2 Å². The Labute approximate surface area is 138 Å². The molecule has 1 saturated heterocycles. The second-order valence-corrected chi connectivity index (χ2v) is 7.80. The molecule has 0 N–H and O–H groups in total. The Morgan fingerprint density at radius 2 is 1.96 bits per heavy atom. The Kier molecular flexibility index (Phi) is 4.10. The first kappa shape index (κ1) is 15.1. The summed E-state index contributed by atoms with van der Waals surface area (Å²) in [5, 5.41) is 0. The average Bonchev–Trinajstić information content (AvgIpc) is 3.32. The number of piperidine rings is 1. The topological polar surface area (TPSA) is 36.4 Å². The number of hydrogen-bond acceptors (Lipinski definition) is 3. The predicted molar refractivity (Wildman–Crippen MR) is 89.6 cm³/mol. The van der Waals surface area contributed by atoms with Crippen molar-refractivity contribution in [3.8, 4) is 0 Å². The Hall–Kier alpha value is -1.42. The number of carbonyl (C=O) groups is 1. The van der Waals surface area contributed by atoms with E-state index in [1.807, 2.05) is 30.1 Å². The van der Waals surface area contributed by atoms with Crippen LogP contribution in [0.3, 0.4) is 0 Å². The molecule has 23 heavy (non-hydrogen) atoms. The molecule has 1 aromatic heterocycles. The Bertz CT molecular complexity index is 543. The van der Waals surface area contributed by atoms with Gasteiger partial charge in [-0.3, -0.25) is 9.78 Å². The van der Waals surface area contributed by atoms with Gasteiger partial charge in [-0.1, -0.05) is 6.07 Å². The van der Waals surface area contributed by atoms with Crippen LogP contribution in [0.2, 0.25) is 0 Å². The summed E-state index contributed by atoms with van der Waals surface area (Å²) >= 11 is 0. The Morgan fingerprint density at radius 3 is 2.57 bits per heavy atom. The molecule has 2 heterocycles. The largest absolute Gasteiger partial charge is 0.340 e. The fraction of sp³-hybridized carbons (Fsp3) is 0.684. The lowest BCUT2D eigenvalue weighted by Crippen LogP contribution is -2.48. The minimum Gasteiger partial charge on any atom is -0.340 e. The number of likely N-dealkylation sites (tertiary alicyclic amines) is 1. The van der Waals surface area contributed by atoms with Crippen molar-refractivity contribution >= 4 is 5.91 Å². The lowest BCUT2D eigenvalue weighted by Gasteiger charge is -2.38. The molecular formula is C19H27N3O. The van der Waals surface area contributed by atoms with Crippen LogP contribution in [0.25, 0.3) is 0 Å². The van der Waals surface area contributed by atoms with Gasteiger partial charge in [0.05, 0.1) is 12.2 Å². The average molecular weight is 313 g/mol. The highest BCUT2D eigenvalue weighted by molar-refractivity contribution is 5.79. The number of nitrogens with zero attached hydrogens (tertiary/aromatic N) is 3. The zero-order valence-corrected chi connectivity index (χ0v) is 14.0. The van der Waals surface area contributed by atoms with Gasteiger partial charge < -0.3 is 9.80 Å². The molecule has 1 amide bonds. The van der Waals surface area contributed by atoms with E-state index < -0.39 is 0 Å². The summed E-state index contributed by atoms with van der Waals surface area (Å²) in [6.45, 7) is 4.18. The third-order valence-electron chi connectivity index (χ3n) is 5.91. The van der Waals surface area contributed by atoms with Gasteiger partial charge in [-0.05, 0) is 55.6 Å². The van der Waals surface area contributed by atoms with Crippen LogP contribution in [0.1, 0.15) is 31.4 Å². The first-order chi connectivity index (χ1) is 11.2. The van der Waals surface area contributed by atoms with Crippen LogP contribution in [-0.2, 0) is 11.3 Å². The highest BCUT2D eigenvalue weighted by atomic mass is 16.2. The standard InChI is InChI=1S/C19H27N3O/c1-21(13-17-4-2-3-9-20-17)19(23)18-15-7-8-16(18)12-22(11-15)10-14-5-6-14/h2-4,9,14-16,18H,5-8,10-13H2,1H3. The van der Waals surface area contributed by atoms with Gasteiger partial charge in [0.1, 0.15) is 0 Å². The monoisotopic (exact) mass is 313 g/mol. The van der Waals surface area contributed by atoms with E-state index in [-0.39, 0.29) is 5.92 Å². The van der Waals surface area contributed by atoms with Gasteiger partial charge in [0.2, 0.25) is 5.91 Å². The molecule has 2 aliphatic carbocycles. The minimum absolute atomic E-state index is 0.249. The van der Waals surface area contributed by atoms with E-state index >= 15 is 0 Å². The lowest BCUT2D eigenvalue weighted by molar-refractivity contribution is -0.139. The zero-order chi connectivity index (χ0) is 15.8. The Balaban J connectivity index is 1.38. The first-order valence-electron chi connectivity index (χ1n) is 9.08. The molecule has 124 valence electrons. The number of rotatable bonds is 5. The van der Waals surface area contributed by atoms with Gasteiger partial charge in [-0.2, -0.15) is 0 Å². The van der Waals surface area contributed by atoms with Crippen molar-refractivity contribution in [1.29, 1.82) is 0 Å². The van der Waals surface area contributed by atoms with Crippen LogP contribution in [0.15, 0.2) is 24.4 Å². The van der Waals surface area contributed by atoms with Crippen molar-refractivity contribution in [3.05, 3.63) is 30.1 Å². The fourth-order valence-corrected chi connectivity index (χ4v) is 4.60. The van der Waals surface area contributed by atoms with Crippen molar-refractivity contribution in [2.75, 3.05) is 26.7 Å². The van der Waals surface area contributed by atoms with Crippen molar-refractivity contribution in [1.82, 2.24) is 14.8 Å². The van der Waals surface area contributed by atoms with Crippen LogP contribution < -0.4 is 0 Å². The van der Waals surface area contributed by atoms with Crippen LogP contribution >= 0.6 is 0 Å². The maximum absolute atomic E-state index is 13.0. The second-order valence-electron chi connectivity index (χ2n) is 7.80. The molecule has 0 aromatic carbocycles. The molecule has 2 atom stereocenters. The van der Waals surface area contributed by atoms with Gasteiger partial charge in [0.15, 0.2) is 0 Å². The molecule has 2 unspecified atom stereocenters. The van der Waals surface area contributed by atoms with Crippen molar-refractivity contribution < 1.29 is 4.79 Å². The van der Waals surface area contributed by atoms with Crippen LogP contribution in [0.5, 0.6) is 0 Å². The molecule has 0 radical (unpaired) electrons. The van der Waals surface area contributed by atoms with Gasteiger partial charge in [0.25, 0.3) is 0 Å². The third-order valence-corrected chi connectivity index (χ3v) is 5.91. The summed E-state index contributed by atoms with van der Waals surface area (Å²) in [4.78, 5) is 21.9. The predicted octanol–water partition coefficient (Wildman–Crippen LogP) is 2.41. The summed E-state index contributed by atoms with van der Waals surface area (Å²) in [6.07, 6.45) is 7.11. The summed E-state index contributed by atoms with van der Waals surface area (Å²) in [6, 6.07) is 5.90. The molecule has 1 aromatic rings. The molecule has 0 spiro atoms. The molecule has 2 bridgehead atoms. The summed E-state index contributed by atoms with van der Waals surface area (Å²) in [5.74, 6) is 2.69. The number of carbonyl (C=O) groups excluding carboxylic acids is 1. The SMILES string of the molecule is CN(Cc1ccccn1)C(=O)C1C2CCC1CN(CC1CC1)C2. The summed E-state index contributed by atoms with van der Waals surface area (Å²) in [7, 11) is 1.94. The van der Waals surface area contributed by atoms with Gasteiger partial charge in [0, 0.05) is 38.8 Å². The van der Waals surface area contributed by atoms with Gasteiger partial charge in [-0.25, -0.2) is 0 Å². The molecule has 2 saturated carbocycles. The number of amides is 1. The molecule has 3 fully saturated rings. The van der Waals surface area contributed by atoms with Crippen LogP contribution in [-0.4, -0.2) is 47.4 Å². The Morgan fingerprint density at radius 1 is 1.22 bits per heavy atom. The van der Waals surface area contributed by atoms with Crippen molar-refractivity contribution in [3.63, 3.8) is 0 Å². The molecule has 1 aliphatic heterocycles. The van der Waals surface area contributed by atoms with Crippen molar-refractivity contribution in [2.24, 2.45) is 23.7 Å². The van der Waals surface area contributed by atoms with Gasteiger partial charge >= 0.3 is 0 Å². The quantitative estimate of drug-likeness (QED) is 0.837. The summed E-state index contributed by atoms with van der Waals surface area (Å²) in [5.41, 5.74) is 0.974. The normalized spacial score (nSPS) is 30.4. The van der Waals surface area contributed by atoms with E-state index in [0.717, 1.165) is 24.7 Å². The van der Waals surface area contributed by atoms with E-state index in [0.29, 0.717) is 24.3 Å². The van der Waals surface area contributed by atoms with E-state index in [1.54, 1.807) is 6.20 Å². The van der Waals surface area contributed by atoms with Crippen LogP contribution in [0.4, 0.5) is 0 Å². The number of fused-ring (bicyclic) bond motifs is 2. The van der Waals surface area contributed by atoms with E-state index in [4.69, 9.17) is 0 Å². The number of hydrogen-bond donors (Lipinski definition) is 0. The van der Waals surface area contributed by atoms with E-state index in [9.17, 15) is 4.79 Å². The maximum Gasteiger partial charge on any atom is 0.226 e. The molecular weight excluding hydrogens is 286 g/mol. The van der Waals surface area contributed by atoms with E-state index in [2.05, 4.69) is 9.88 Å². The zero-order valence-electron chi connectivity index (χ0n) is 14.0. The smallest absolute Gasteiger partial charge is 0.226 e. The number of pyridine rings is 1. The number of aromatic nitrogens is 1. The van der Waals surface area contributed by atoms with Gasteiger partial charge in [-0.15, -0.1) is 0 Å². The molecule has 4 nitrogen and oxygen atoms in total. The second kappa shape index (κ2) is 6.23. The molecule has 4 heteroatoms. The molecule has 3 aliphatic rings.